The van der Waals surface area contributed by atoms with Gasteiger partial charge in [0.25, 0.3) is 11.8 Å². The fourth-order valence-corrected chi connectivity index (χ4v) is 7.09. The van der Waals surface area contributed by atoms with Gasteiger partial charge in [0.1, 0.15) is 5.60 Å². The second-order valence-corrected chi connectivity index (χ2v) is 10.9. The summed E-state index contributed by atoms with van der Waals surface area (Å²) in [6.07, 6.45) is 3.68. The van der Waals surface area contributed by atoms with Crippen molar-refractivity contribution in [1.82, 2.24) is 4.90 Å². The number of carbonyl (C=O) groups excluding carboxylic acids is 2. The first-order valence-corrected chi connectivity index (χ1v) is 13.1. The van der Waals surface area contributed by atoms with Gasteiger partial charge in [-0.1, -0.05) is 72.8 Å². The number of fused-ring (bicyclic) bond motifs is 4. The molecule has 3 aromatic rings. The largest absolute Gasteiger partial charge is 1.00 e. The van der Waals surface area contributed by atoms with Crippen molar-refractivity contribution in [1.29, 1.82) is 0 Å². The third-order valence-electron chi connectivity index (χ3n) is 9.24. The molecular formula is C31H33BrN2O3. The van der Waals surface area contributed by atoms with E-state index in [-0.39, 0.29) is 34.2 Å². The van der Waals surface area contributed by atoms with Crippen molar-refractivity contribution in [2.24, 2.45) is 5.41 Å². The first-order chi connectivity index (χ1) is 17.5. The lowest BCUT2D eigenvalue weighted by atomic mass is 9.56. The van der Waals surface area contributed by atoms with Gasteiger partial charge in [0.2, 0.25) is 0 Å². The van der Waals surface area contributed by atoms with Crippen LogP contribution in [-0.4, -0.2) is 59.0 Å². The van der Waals surface area contributed by atoms with Crippen LogP contribution >= 0.6 is 0 Å². The lowest BCUT2D eigenvalue weighted by Crippen LogP contribution is -3.00. The number of quaternary nitrogens is 1. The van der Waals surface area contributed by atoms with Gasteiger partial charge in [-0.25, -0.2) is 0 Å². The van der Waals surface area contributed by atoms with Crippen molar-refractivity contribution >= 4 is 11.8 Å². The highest BCUT2D eigenvalue weighted by atomic mass is 79.9. The molecule has 0 saturated carbocycles. The Hall–Kier alpha value is -2.80. The molecule has 0 aromatic heterocycles. The van der Waals surface area contributed by atoms with Gasteiger partial charge >= 0.3 is 0 Å². The van der Waals surface area contributed by atoms with Crippen molar-refractivity contribution in [2.75, 3.05) is 32.7 Å². The Labute approximate surface area is 229 Å². The van der Waals surface area contributed by atoms with Crippen molar-refractivity contribution in [2.45, 2.75) is 31.3 Å². The van der Waals surface area contributed by atoms with Gasteiger partial charge in [-0.15, -0.1) is 0 Å². The van der Waals surface area contributed by atoms with Crippen LogP contribution < -0.4 is 17.0 Å². The Morgan fingerprint density at radius 3 is 1.62 bits per heavy atom. The standard InChI is InChI=1S/C31H33N2O3.BrH/c34-28-26-14-7-8-15-27(26)29(35)32(28)19-9-20-33-21-16-30(17-22-33,18-23-33)31(36,24-10-3-1-4-11-24)25-12-5-2-6-13-25;/h1-8,10-15,36H,9,16-23H2;1H/q+1;/p-1. The van der Waals surface area contributed by atoms with E-state index in [2.05, 4.69) is 24.3 Å². The second-order valence-electron chi connectivity index (χ2n) is 10.9. The quantitative estimate of drug-likeness (QED) is 0.353. The molecule has 192 valence electrons. The van der Waals surface area contributed by atoms with E-state index >= 15 is 0 Å². The van der Waals surface area contributed by atoms with E-state index in [1.165, 1.54) is 4.90 Å². The summed E-state index contributed by atoms with van der Waals surface area (Å²) in [4.78, 5) is 26.9. The van der Waals surface area contributed by atoms with E-state index in [9.17, 15) is 14.7 Å². The zero-order valence-corrected chi connectivity index (χ0v) is 22.6. The molecule has 3 fully saturated rings. The van der Waals surface area contributed by atoms with Gasteiger partial charge in [0, 0.05) is 37.6 Å². The number of imide groups is 1. The summed E-state index contributed by atoms with van der Waals surface area (Å²) < 4.78 is 1.02. The molecule has 7 rings (SSSR count). The second kappa shape index (κ2) is 9.82. The zero-order chi connectivity index (χ0) is 24.8. The van der Waals surface area contributed by atoms with Gasteiger partial charge in [-0.2, -0.15) is 0 Å². The van der Waals surface area contributed by atoms with Gasteiger partial charge < -0.3 is 26.6 Å². The minimum atomic E-state index is -1.02. The normalized spacial score (nSPS) is 24.6. The van der Waals surface area contributed by atoms with Crippen molar-refractivity contribution in [3.05, 3.63) is 107 Å². The summed E-state index contributed by atoms with van der Waals surface area (Å²) >= 11 is 0. The van der Waals surface area contributed by atoms with Crippen LogP contribution in [0.5, 0.6) is 0 Å². The molecule has 4 aliphatic heterocycles. The number of hydrogen-bond donors (Lipinski definition) is 1. The maximum Gasteiger partial charge on any atom is 0.261 e. The van der Waals surface area contributed by atoms with E-state index in [0.29, 0.717) is 17.7 Å². The van der Waals surface area contributed by atoms with Crippen molar-refractivity contribution < 1.29 is 36.2 Å². The molecule has 37 heavy (non-hydrogen) atoms. The number of carbonyl (C=O) groups is 2. The number of halogens is 1. The van der Waals surface area contributed by atoms with Crippen LogP contribution in [0.3, 0.4) is 0 Å². The van der Waals surface area contributed by atoms with E-state index in [0.717, 1.165) is 67.5 Å². The molecule has 0 spiro atoms. The minimum absolute atomic E-state index is 0. The van der Waals surface area contributed by atoms with E-state index in [1.807, 2.05) is 48.5 Å². The predicted molar refractivity (Wildman–Crippen MR) is 138 cm³/mol. The lowest BCUT2D eigenvalue weighted by molar-refractivity contribution is -0.946. The van der Waals surface area contributed by atoms with Crippen LogP contribution in [0.1, 0.15) is 57.5 Å². The Morgan fingerprint density at radius 2 is 1.16 bits per heavy atom. The van der Waals surface area contributed by atoms with Gasteiger partial charge in [-0.3, -0.25) is 14.5 Å². The molecule has 3 aromatic carbocycles. The van der Waals surface area contributed by atoms with E-state index in [1.54, 1.807) is 12.1 Å². The molecule has 3 saturated heterocycles. The molecular weight excluding hydrogens is 528 g/mol. The molecule has 1 N–H and O–H groups in total. The van der Waals surface area contributed by atoms with E-state index in [4.69, 9.17) is 0 Å². The Balaban J connectivity index is 0.00000280. The molecule has 0 unspecified atom stereocenters. The molecule has 0 atom stereocenters. The minimum Gasteiger partial charge on any atom is -1.00 e. The summed E-state index contributed by atoms with van der Waals surface area (Å²) in [5, 5.41) is 12.5. The third-order valence-corrected chi connectivity index (χ3v) is 9.24. The van der Waals surface area contributed by atoms with Gasteiger partial charge in [-0.05, 0) is 23.3 Å². The van der Waals surface area contributed by atoms with Gasteiger partial charge in [0.15, 0.2) is 0 Å². The fourth-order valence-electron chi connectivity index (χ4n) is 7.09. The number of nitrogens with zero attached hydrogens (tertiary/aromatic N) is 2. The predicted octanol–water partition coefficient (Wildman–Crippen LogP) is 1.61. The molecule has 2 amide bonds. The van der Waals surface area contributed by atoms with Crippen LogP contribution in [0, 0.1) is 5.41 Å². The highest BCUT2D eigenvalue weighted by molar-refractivity contribution is 6.21. The first-order valence-electron chi connectivity index (χ1n) is 13.1. The topological polar surface area (TPSA) is 57.6 Å². The fraction of sp³-hybridized carbons (Fsp3) is 0.355. The summed E-state index contributed by atoms with van der Waals surface area (Å²) in [5.41, 5.74) is 1.78. The maximum absolute atomic E-state index is 12.7. The van der Waals surface area contributed by atoms with Gasteiger partial charge in [0.05, 0.1) is 37.3 Å². The number of amides is 2. The summed E-state index contributed by atoms with van der Waals surface area (Å²) in [6.45, 7) is 4.48. The first kappa shape index (κ1) is 25.8. The van der Waals surface area contributed by atoms with Crippen LogP contribution in [0.25, 0.3) is 0 Å². The zero-order valence-electron chi connectivity index (χ0n) is 21.0. The number of aliphatic hydroxyl groups is 1. The molecule has 6 heteroatoms. The van der Waals surface area contributed by atoms with Crippen LogP contribution in [0.2, 0.25) is 0 Å². The number of piperidine rings is 3. The van der Waals surface area contributed by atoms with Crippen LogP contribution in [0.4, 0.5) is 0 Å². The monoisotopic (exact) mass is 560 g/mol. The Bertz CT molecular complexity index is 1200. The molecule has 2 bridgehead atoms. The molecule has 4 heterocycles. The van der Waals surface area contributed by atoms with Crippen molar-refractivity contribution in [3.63, 3.8) is 0 Å². The Morgan fingerprint density at radius 1 is 0.730 bits per heavy atom. The molecule has 5 nitrogen and oxygen atoms in total. The molecule has 0 radical (unpaired) electrons. The van der Waals surface area contributed by atoms with Crippen molar-refractivity contribution in [3.8, 4) is 0 Å². The van der Waals surface area contributed by atoms with E-state index < -0.39 is 5.60 Å². The number of rotatable bonds is 7. The summed E-state index contributed by atoms with van der Waals surface area (Å²) in [5.74, 6) is -0.328. The highest BCUT2D eigenvalue weighted by Crippen LogP contribution is 2.57. The SMILES string of the molecule is O=C1c2ccccc2C(=O)N1CCC[N+]12CCC(C(O)(c3ccccc3)c3ccccc3)(CC1)CC2.[Br-]. The highest BCUT2D eigenvalue weighted by Gasteiger charge is 2.60. The maximum atomic E-state index is 12.7. The third kappa shape index (κ3) is 4.06. The number of hydrogen-bond acceptors (Lipinski definition) is 3. The Kier molecular flexibility index (Phi) is 6.86. The van der Waals surface area contributed by atoms with Crippen LogP contribution in [-0.2, 0) is 5.60 Å². The molecule has 4 aliphatic rings. The summed E-state index contributed by atoms with van der Waals surface area (Å²) in [6, 6.07) is 27.5. The average Bonchev–Trinajstić information content (AvgIpc) is 3.19. The average molecular weight is 562 g/mol. The lowest BCUT2D eigenvalue weighted by Gasteiger charge is -2.60. The summed E-state index contributed by atoms with van der Waals surface area (Å²) in [7, 11) is 0. The smallest absolute Gasteiger partial charge is 0.261 e. The van der Waals surface area contributed by atoms with Crippen LogP contribution in [0.15, 0.2) is 84.9 Å². The molecule has 0 aliphatic carbocycles. The number of benzene rings is 3.